The lowest BCUT2D eigenvalue weighted by Gasteiger charge is -2.06. The number of fused-ring (bicyclic) bond motifs is 1. The quantitative estimate of drug-likeness (QED) is 0.558. The summed E-state index contributed by atoms with van der Waals surface area (Å²) in [5, 5.41) is 8.11. The second-order valence-corrected chi connectivity index (χ2v) is 5.73. The first-order valence-electron chi connectivity index (χ1n) is 7.62. The first kappa shape index (κ1) is 15.4. The second kappa shape index (κ2) is 6.41. The molecule has 4 aromatic rings. The summed E-state index contributed by atoms with van der Waals surface area (Å²) in [5.41, 5.74) is 3.43. The first-order valence-corrected chi connectivity index (χ1v) is 7.99. The molecule has 6 nitrogen and oxygen atoms in total. The largest absolute Gasteiger partial charge is 0.497 e. The van der Waals surface area contributed by atoms with Crippen LogP contribution in [0, 0.1) is 0 Å². The molecule has 3 aromatic heterocycles. The normalized spacial score (nSPS) is 10.8. The molecule has 3 heterocycles. The topological polar surface area (TPSA) is 64.3 Å². The van der Waals surface area contributed by atoms with Crippen molar-refractivity contribution in [3.63, 3.8) is 0 Å². The standard InChI is InChI=1S/C18H14ClN5O/c1-25-14-5-2-4-12(10-14)15-6-3-7-17-22-18(23-24(15)17)21-13-8-9-20-16(19)11-13/h2-11H,1H3,(H,20,21,23). The van der Waals surface area contributed by atoms with Crippen LogP contribution in [-0.4, -0.2) is 26.7 Å². The molecule has 0 aliphatic heterocycles. The van der Waals surface area contributed by atoms with Crippen LogP contribution in [0.2, 0.25) is 5.15 Å². The van der Waals surface area contributed by atoms with E-state index in [0.29, 0.717) is 11.1 Å². The van der Waals surface area contributed by atoms with Gasteiger partial charge in [-0.3, -0.25) is 0 Å². The first-order chi connectivity index (χ1) is 12.2. The number of rotatable bonds is 4. The zero-order chi connectivity index (χ0) is 17.2. The summed E-state index contributed by atoms with van der Waals surface area (Å²) in [4.78, 5) is 8.47. The average molecular weight is 352 g/mol. The molecule has 4 rings (SSSR count). The summed E-state index contributed by atoms with van der Waals surface area (Å²) in [6.45, 7) is 0. The van der Waals surface area contributed by atoms with Gasteiger partial charge < -0.3 is 10.1 Å². The highest BCUT2D eigenvalue weighted by Gasteiger charge is 2.10. The minimum absolute atomic E-state index is 0.408. The van der Waals surface area contributed by atoms with Gasteiger partial charge >= 0.3 is 0 Å². The number of aromatic nitrogens is 4. The van der Waals surface area contributed by atoms with Gasteiger partial charge in [-0.2, -0.15) is 4.98 Å². The Kier molecular flexibility index (Phi) is 3.95. The average Bonchev–Trinajstić information content (AvgIpc) is 3.04. The van der Waals surface area contributed by atoms with Gasteiger partial charge in [0.05, 0.1) is 12.8 Å². The van der Waals surface area contributed by atoms with E-state index in [0.717, 1.165) is 28.3 Å². The SMILES string of the molecule is COc1cccc(-c2cccc3nc(Nc4ccnc(Cl)c4)nn23)c1. The summed E-state index contributed by atoms with van der Waals surface area (Å²) in [5.74, 6) is 1.28. The van der Waals surface area contributed by atoms with E-state index in [1.165, 1.54) is 0 Å². The molecule has 7 heteroatoms. The molecule has 0 amide bonds. The van der Waals surface area contributed by atoms with Gasteiger partial charge in [0, 0.05) is 17.4 Å². The molecular weight excluding hydrogens is 338 g/mol. The van der Waals surface area contributed by atoms with Crippen LogP contribution in [0.3, 0.4) is 0 Å². The zero-order valence-corrected chi connectivity index (χ0v) is 14.1. The van der Waals surface area contributed by atoms with E-state index in [2.05, 4.69) is 20.4 Å². The molecule has 0 atom stereocenters. The van der Waals surface area contributed by atoms with Crippen molar-refractivity contribution in [1.29, 1.82) is 0 Å². The summed E-state index contributed by atoms with van der Waals surface area (Å²) in [6.07, 6.45) is 1.63. The summed E-state index contributed by atoms with van der Waals surface area (Å²) in [7, 11) is 1.65. The van der Waals surface area contributed by atoms with Crippen molar-refractivity contribution in [1.82, 2.24) is 19.6 Å². The number of hydrogen-bond donors (Lipinski definition) is 1. The molecule has 0 aliphatic rings. The molecule has 0 fully saturated rings. The predicted octanol–water partition coefficient (Wildman–Crippen LogP) is 4.20. The number of ether oxygens (including phenoxy) is 1. The van der Waals surface area contributed by atoms with Crippen LogP contribution in [-0.2, 0) is 0 Å². The summed E-state index contributed by atoms with van der Waals surface area (Å²) >= 11 is 5.91. The Morgan fingerprint density at radius 2 is 1.96 bits per heavy atom. The molecule has 0 aliphatic carbocycles. The minimum Gasteiger partial charge on any atom is -0.497 e. The van der Waals surface area contributed by atoms with Crippen LogP contribution in [0.5, 0.6) is 5.75 Å². The van der Waals surface area contributed by atoms with Gasteiger partial charge in [-0.25, -0.2) is 9.50 Å². The van der Waals surface area contributed by atoms with E-state index in [-0.39, 0.29) is 0 Å². The van der Waals surface area contributed by atoms with Crippen LogP contribution in [0.15, 0.2) is 60.8 Å². The van der Waals surface area contributed by atoms with E-state index in [1.54, 1.807) is 30.0 Å². The van der Waals surface area contributed by atoms with Gasteiger partial charge in [-0.15, -0.1) is 5.10 Å². The molecule has 0 saturated carbocycles. The van der Waals surface area contributed by atoms with Crippen molar-refractivity contribution in [3.8, 4) is 17.0 Å². The predicted molar refractivity (Wildman–Crippen MR) is 97.5 cm³/mol. The van der Waals surface area contributed by atoms with E-state index in [4.69, 9.17) is 16.3 Å². The third kappa shape index (κ3) is 3.12. The minimum atomic E-state index is 0.408. The molecule has 124 valence electrons. The number of nitrogens with zero attached hydrogens (tertiary/aromatic N) is 4. The number of nitrogens with one attached hydrogen (secondary N) is 1. The maximum absolute atomic E-state index is 5.91. The molecule has 0 saturated heterocycles. The van der Waals surface area contributed by atoms with Crippen LogP contribution >= 0.6 is 11.6 Å². The molecule has 1 aromatic carbocycles. The fourth-order valence-corrected chi connectivity index (χ4v) is 2.74. The molecule has 0 unspecified atom stereocenters. The maximum Gasteiger partial charge on any atom is 0.247 e. The van der Waals surface area contributed by atoms with Gasteiger partial charge in [0.1, 0.15) is 10.9 Å². The molecule has 25 heavy (non-hydrogen) atoms. The Morgan fingerprint density at radius 1 is 1.08 bits per heavy atom. The smallest absolute Gasteiger partial charge is 0.247 e. The lowest BCUT2D eigenvalue weighted by Crippen LogP contribution is -1.96. The Morgan fingerprint density at radius 3 is 2.80 bits per heavy atom. The highest BCUT2D eigenvalue weighted by molar-refractivity contribution is 6.29. The van der Waals surface area contributed by atoms with Crippen LogP contribution in [0.1, 0.15) is 0 Å². The Hall–Kier alpha value is -3.12. The van der Waals surface area contributed by atoms with Crippen LogP contribution in [0.4, 0.5) is 11.6 Å². The second-order valence-electron chi connectivity index (χ2n) is 5.34. The van der Waals surface area contributed by atoms with Gasteiger partial charge in [-0.1, -0.05) is 29.8 Å². The lowest BCUT2D eigenvalue weighted by molar-refractivity contribution is 0.415. The molecule has 0 radical (unpaired) electrons. The number of halogens is 1. The fourth-order valence-electron chi connectivity index (χ4n) is 2.57. The van der Waals surface area contributed by atoms with Crippen molar-refractivity contribution in [3.05, 3.63) is 65.9 Å². The van der Waals surface area contributed by atoms with Crippen LogP contribution < -0.4 is 10.1 Å². The summed E-state index contributed by atoms with van der Waals surface area (Å²) < 4.78 is 7.10. The number of benzene rings is 1. The monoisotopic (exact) mass is 351 g/mol. The fraction of sp³-hybridized carbons (Fsp3) is 0.0556. The summed E-state index contributed by atoms with van der Waals surface area (Å²) in [6, 6.07) is 17.2. The Balaban J connectivity index is 1.76. The number of hydrogen-bond acceptors (Lipinski definition) is 5. The maximum atomic E-state index is 5.91. The highest BCUT2D eigenvalue weighted by atomic mass is 35.5. The number of pyridine rings is 2. The third-order valence-corrected chi connectivity index (χ3v) is 3.91. The van der Waals surface area contributed by atoms with Gasteiger partial charge in [0.15, 0.2) is 5.65 Å². The van der Waals surface area contributed by atoms with Crippen molar-refractivity contribution < 1.29 is 4.74 Å². The third-order valence-electron chi connectivity index (χ3n) is 3.71. The van der Waals surface area contributed by atoms with Crippen molar-refractivity contribution in [2.45, 2.75) is 0 Å². The molecule has 1 N–H and O–H groups in total. The van der Waals surface area contributed by atoms with Crippen molar-refractivity contribution in [2.24, 2.45) is 0 Å². The highest BCUT2D eigenvalue weighted by Crippen LogP contribution is 2.25. The number of anilines is 2. The van der Waals surface area contributed by atoms with Gasteiger partial charge in [0.2, 0.25) is 5.95 Å². The van der Waals surface area contributed by atoms with E-state index < -0.39 is 0 Å². The molecular formula is C18H14ClN5O. The van der Waals surface area contributed by atoms with Crippen LogP contribution in [0.25, 0.3) is 16.9 Å². The zero-order valence-electron chi connectivity index (χ0n) is 13.3. The van der Waals surface area contributed by atoms with Gasteiger partial charge in [-0.05, 0) is 36.4 Å². The Labute approximate surface area is 149 Å². The van der Waals surface area contributed by atoms with Crippen molar-refractivity contribution >= 4 is 28.9 Å². The van der Waals surface area contributed by atoms with Gasteiger partial charge in [0.25, 0.3) is 0 Å². The van der Waals surface area contributed by atoms with Crippen molar-refractivity contribution in [2.75, 3.05) is 12.4 Å². The van der Waals surface area contributed by atoms with E-state index in [9.17, 15) is 0 Å². The molecule has 0 spiro atoms. The van der Waals surface area contributed by atoms with E-state index in [1.807, 2.05) is 42.5 Å². The lowest BCUT2D eigenvalue weighted by atomic mass is 10.1. The number of methoxy groups -OCH3 is 1. The molecule has 0 bridgehead atoms. The van der Waals surface area contributed by atoms with E-state index >= 15 is 0 Å². The Bertz CT molecular complexity index is 1050.